The van der Waals surface area contributed by atoms with E-state index in [0.29, 0.717) is 35.0 Å². The predicted molar refractivity (Wildman–Crippen MR) is 163 cm³/mol. The van der Waals surface area contributed by atoms with Crippen molar-refractivity contribution < 1.29 is 38.1 Å². The molecule has 5 heterocycles. The van der Waals surface area contributed by atoms with Gasteiger partial charge in [0.05, 0.1) is 23.4 Å². The van der Waals surface area contributed by atoms with Crippen molar-refractivity contribution in [2.75, 3.05) is 20.3 Å². The molecule has 3 aliphatic heterocycles. The van der Waals surface area contributed by atoms with E-state index in [1.807, 2.05) is 41.1 Å². The molecular formula is C33H34NO7S2+. The first-order chi connectivity index (χ1) is 20.8. The summed E-state index contributed by atoms with van der Waals surface area (Å²) in [5, 5.41) is 17.6. The van der Waals surface area contributed by atoms with Gasteiger partial charge in [-0.15, -0.1) is 22.7 Å². The van der Waals surface area contributed by atoms with E-state index in [1.54, 1.807) is 19.1 Å². The number of likely N-dealkylation sites (N-methyl/N-ethyl adjacent to an activating group) is 1. The molecule has 3 fully saturated rings. The molecular weight excluding hydrogens is 586 g/mol. The first kappa shape index (κ1) is 28.5. The number of thiophene rings is 2. The van der Waals surface area contributed by atoms with Gasteiger partial charge in [-0.2, -0.15) is 0 Å². The number of nitrogens with zero attached hydrogens (tertiary/aromatic N) is 1. The third-order valence-electron chi connectivity index (χ3n) is 9.23. The Balaban J connectivity index is 1.05. The van der Waals surface area contributed by atoms with Gasteiger partial charge in [0.2, 0.25) is 5.60 Å². The van der Waals surface area contributed by atoms with E-state index < -0.39 is 11.6 Å². The highest BCUT2D eigenvalue weighted by Crippen LogP contribution is 2.54. The number of rotatable bonds is 10. The highest BCUT2D eigenvalue weighted by atomic mass is 32.1. The molecule has 2 aromatic heterocycles. The molecule has 8 nitrogen and oxygen atoms in total. The molecule has 0 amide bonds. The van der Waals surface area contributed by atoms with Crippen LogP contribution < -0.4 is 4.74 Å². The number of epoxide rings is 1. The van der Waals surface area contributed by atoms with Crippen molar-refractivity contribution in [3.63, 3.8) is 0 Å². The van der Waals surface area contributed by atoms with E-state index >= 15 is 0 Å². The van der Waals surface area contributed by atoms with E-state index in [4.69, 9.17) is 18.9 Å². The Labute approximate surface area is 258 Å². The average molecular weight is 621 g/mol. The average Bonchev–Trinajstić information content (AvgIpc) is 3.31. The fourth-order valence-corrected chi connectivity index (χ4v) is 8.83. The number of quaternary nitrogens is 1. The molecule has 0 aliphatic carbocycles. The minimum atomic E-state index is -1.80. The van der Waals surface area contributed by atoms with Crippen molar-refractivity contribution in [2.45, 2.75) is 62.3 Å². The SMILES string of the molecule is CCOC(=O)COc1ccc2cc(C[N+]3(C)[C@@H]4CC(OC(=O)C(O)(c5cccs5)c5cccs5)C[C@H]3[C@@H]3O[C@@H]34)ccc2c1. The summed E-state index contributed by atoms with van der Waals surface area (Å²) in [6, 6.07) is 20.0. The summed E-state index contributed by atoms with van der Waals surface area (Å²) >= 11 is 2.71. The van der Waals surface area contributed by atoms with Gasteiger partial charge in [-0.1, -0.05) is 30.3 Å². The maximum Gasteiger partial charge on any atom is 0.349 e. The van der Waals surface area contributed by atoms with Gasteiger partial charge in [0.1, 0.15) is 42.7 Å². The van der Waals surface area contributed by atoms with Crippen molar-refractivity contribution in [2.24, 2.45) is 0 Å². The molecule has 3 saturated heterocycles. The molecule has 0 saturated carbocycles. The Kier molecular flexibility index (Phi) is 7.30. The van der Waals surface area contributed by atoms with E-state index in [-0.39, 0.29) is 43.0 Å². The summed E-state index contributed by atoms with van der Waals surface area (Å²) in [4.78, 5) is 26.4. The maximum atomic E-state index is 13.6. The van der Waals surface area contributed by atoms with Gasteiger partial charge in [0.25, 0.3) is 0 Å². The number of esters is 2. The Hall–Kier alpha value is -3.28. The van der Waals surface area contributed by atoms with E-state index in [2.05, 4.69) is 25.2 Å². The first-order valence-corrected chi connectivity index (χ1v) is 16.4. The summed E-state index contributed by atoms with van der Waals surface area (Å²) in [5.74, 6) is -0.359. The van der Waals surface area contributed by atoms with Crippen molar-refractivity contribution in [1.82, 2.24) is 0 Å². The Bertz CT molecular complexity index is 1580. The number of hydrogen-bond acceptors (Lipinski definition) is 9. The lowest BCUT2D eigenvalue weighted by Gasteiger charge is -2.48. The number of ether oxygens (including phenoxy) is 4. The van der Waals surface area contributed by atoms with Crippen LogP contribution in [-0.4, -0.2) is 72.2 Å². The van der Waals surface area contributed by atoms with Crippen LogP contribution in [0.25, 0.3) is 10.8 Å². The van der Waals surface area contributed by atoms with Gasteiger partial charge in [0, 0.05) is 18.4 Å². The van der Waals surface area contributed by atoms with Gasteiger partial charge >= 0.3 is 11.9 Å². The maximum absolute atomic E-state index is 13.6. The lowest BCUT2D eigenvalue weighted by Crippen LogP contribution is -2.62. The van der Waals surface area contributed by atoms with Crippen molar-refractivity contribution in [1.29, 1.82) is 0 Å². The number of benzene rings is 2. The van der Waals surface area contributed by atoms with Crippen molar-refractivity contribution in [3.05, 3.63) is 86.7 Å². The molecule has 10 heteroatoms. The van der Waals surface area contributed by atoms with Crippen LogP contribution >= 0.6 is 22.7 Å². The molecule has 6 atom stereocenters. The second-order valence-electron chi connectivity index (χ2n) is 11.8. The fraction of sp³-hybridized carbons (Fsp3) is 0.394. The van der Waals surface area contributed by atoms with Gasteiger partial charge in [0.15, 0.2) is 6.61 Å². The number of fused-ring (bicyclic) bond motifs is 6. The van der Waals surface area contributed by atoms with Crippen LogP contribution in [-0.2, 0) is 35.9 Å². The summed E-state index contributed by atoms with van der Waals surface area (Å²) in [7, 11) is 2.30. The number of aliphatic hydroxyl groups is 1. The van der Waals surface area contributed by atoms with Crippen LogP contribution in [0.15, 0.2) is 71.4 Å². The summed E-state index contributed by atoms with van der Waals surface area (Å²) in [6.07, 6.45) is 1.46. The summed E-state index contributed by atoms with van der Waals surface area (Å²) in [6.45, 7) is 2.83. The smallest absolute Gasteiger partial charge is 0.349 e. The van der Waals surface area contributed by atoms with E-state index in [1.165, 1.54) is 28.2 Å². The third kappa shape index (κ3) is 5.05. The Morgan fingerprint density at radius 3 is 2.26 bits per heavy atom. The third-order valence-corrected chi connectivity index (χ3v) is 11.2. The van der Waals surface area contributed by atoms with E-state index in [9.17, 15) is 14.7 Å². The minimum absolute atomic E-state index is 0.113. The normalized spacial score (nSPS) is 27.5. The van der Waals surface area contributed by atoms with Crippen LogP contribution in [0.3, 0.4) is 0 Å². The molecule has 2 bridgehead atoms. The Morgan fingerprint density at radius 2 is 1.63 bits per heavy atom. The molecule has 2 aromatic carbocycles. The van der Waals surface area contributed by atoms with Crippen LogP contribution in [0.1, 0.15) is 35.1 Å². The zero-order valence-electron chi connectivity index (χ0n) is 24.0. The fourth-order valence-electron chi connectivity index (χ4n) is 7.12. The minimum Gasteiger partial charge on any atom is -0.482 e. The van der Waals surface area contributed by atoms with Gasteiger partial charge < -0.3 is 28.5 Å². The molecule has 0 radical (unpaired) electrons. The van der Waals surface area contributed by atoms with Crippen LogP contribution in [0, 0.1) is 0 Å². The quantitative estimate of drug-likeness (QED) is 0.151. The standard InChI is InChI=1S/C33H34NO7S2/c1-3-38-29(35)19-39-23-11-10-21-14-20(8-9-22(21)15-23)18-34(2)25-16-24(17-26(34)31-30(25)41-31)40-32(36)33(37,27-6-4-12-42-27)28-7-5-13-43-28/h4-15,24-26,30-31,37H,3,16-19H2,1-2H3/q+1/t24?,25-,26+,30-,31+,34?. The highest BCUT2D eigenvalue weighted by Gasteiger charge is 2.72. The molecule has 3 aliphatic rings. The van der Waals surface area contributed by atoms with Gasteiger partial charge in [-0.25, -0.2) is 9.59 Å². The summed E-state index contributed by atoms with van der Waals surface area (Å²) in [5.41, 5.74) is -0.572. The zero-order valence-corrected chi connectivity index (χ0v) is 25.6. The molecule has 43 heavy (non-hydrogen) atoms. The van der Waals surface area contributed by atoms with Crippen LogP contribution in [0.5, 0.6) is 5.75 Å². The molecule has 0 spiro atoms. The molecule has 2 unspecified atom stereocenters. The zero-order chi connectivity index (χ0) is 29.8. The largest absolute Gasteiger partial charge is 0.482 e. The number of morpholine rings is 1. The topological polar surface area (TPSA) is 94.6 Å². The second-order valence-corrected chi connectivity index (χ2v) is 13.7. The van der Waals surface area contributed by atoms with Crippen LogP contribution in [0.2, 0.25) is 0 Å². The highest BCUT2D eigenvalue weighted by molar-refractivity contribution is 7.12. The number of carbonyl (C=O) groups excluding carboxylic acids is 2. The van der Waals surface area contributed by atoms with Crippen LogP contribution in [0.4, 0.5) is 0 Å². The van der Waals surface area contributed by atoms with E-state index in [0.717, 1.165) is 21.8 Å². The Morgan fingerprint density at radius 1 is 0.977 bits per heavy atom. The number of hydrogen-bond donors (Lipinski definition) is 1. The van der Waals surface area contributed by atoms with Crippen molar-refractivity contribution >= 4 is 45.4 Å². The second kappa shape index (κ2) is 11.0. The monoisotopic (exact) mass is 620 g/mol. The summed E-state index contributed by atoms with van der Waals surface area (Å²) < 4.78 is 23.6. The van der Waals surface area contributed by atoms with Gasteiger partial charge in [-0.05, 0) is 58.8 Å². The molecule has 7 rings (SSSR count). The number of piperidine rings is 1. The first-order valence-electron chi connectivity index (χ1n) is 14.6. The predicted octanol–water partition coefficient (Wildman–Crippen LogP) is 5.01. The lowest BCUT2D eigenvalue weighted by molar-refractivity contribution is -0.968. The van der Waals surface area contributed by atoms with Gasteiger partial charge in [-0.3, -0.25) is 0 Å². The van der Waals surface area contributed by atoms with Crippen molar-refractivity contribution in [3.8, 4) is 5.75 Å². The molecule has 4 aromatic rings. The number of carbonyl (C=O) groups is 2. The molecule has 224 valence electrons. The lowest BCUT2D eigenvalue weighted by atomic mass is 9.93. The molecule has 1 N–H and O–H groups in total.